The Hall–Kier alpha value is -0.520. The van der Waals surface area contributed by atoms with Crippen LogP contribution in [0, 0.1) is 18.3 Å². The smallest absolute Gasteiger partial charge is 0.0601 e. The highest BCUT2D eigenvalue weighted by Crippen LogP contribution is 2.21. The van der Waals surface area contributed by atoms with Crippen molar-refractivity contribution in [1.29, 1.82) is 0 Å². The van der Waals surface area contributed by atoms with E-state index in [-0.39, 0.29) is 12.0 Å². The molecule has 0 bridgehead atoms. The van der Waals surface area contributed by atoms with Gasteiger partial charge in [0.05, 0.1) is 6.10 Å². The topological polar surface area (TPSA) is 23.5 Å². The Morgan fingerprint density at radius 3 is 2.85 bits per heavy atom. The van der Waals surface area contributed by atoms with E-state index in [1.54, 1.807) is 0 Å². The molecule has 1 saturated heterocycles. The third kappa shape index (κ3) is 2.72. The molecule has 2 heteroatoms. The molecule has 13 heavy (non-hydrogen) atoms. The SMILES string of the molecule is C#CCC1CN(C(C)C)CCC1O. The van der Waals surface area contributed by atoms with Crippen molar-refractivity contribution in [2.45, 2.75) is 38.8 Å². The van der Waals surface area contributed by atoms with Crippen molar-refractivity contribution < 1.29 is 5.11 Å². The zero-order valence-electron chi connectivity index (χ0n) is 8.53. The van der Waals surface area contributed by atoms with Crippen LogP contribution in [-0.2, 0) is 0 Å². The minimum absolute atomic E-state index is 0.189. The second kappa shape index (κ2) is 4.64. The van der Waals surface area contributed by atoms with E-state index in [4.69, 9.17) is 6.42 Å². The number of terminal acetylenes is 1. The van der Waals surface area contributed by atoms with Crippen molar-refractivity contribution in [3.63, 3.8) is 0 Å². The van der Waals surface area contributed by atoms with Crippen LogP contribution in [-0.4, -0.2) is 35.2 Å². The summed E-state index contributed by atoms with van der Waals surface area (Å²) < 4.78 is 0. The summed E-state index contributed by atoms with van der Waals surface area (Å²) in [6, 6.07) is 0.563. The molecule has 2 atom stereocenters. The van der Waals surface area contributed by atoms with Crippen LogP contribution >= 0.6 is 0 Å². The van der Waals surface area contributed by atoms with Gasteiger partial charge in [-0.2, -0.15) is 0 Å². The van der Waals surface area contributed by atoms with Crippen LogP contribution in [0.25, 0.3) is 0 Å². The summed E-state index contributed by atoms with van der Waals surface area (Å²) >= 11 is 0. The molecule has 1 fully saturated rings. The van der Waals surface area contributed by atoms with Crippen LogP contribution in [0.5, 0.6) is 0 Å². The van der Waals surface area contributed by atoms with Gasteiger partial charge in [-0.05, 0) is 20.3 Å². The lowest BCUT2D eigenvalue weighted by Gasteiger charge is -2.37. The molecule has 2 nitrogen and oxygen atoms in total. The number of rotatable bonds is 2. The van der Waals surface area contributed by atoms with Gasteiger partial charge in [0.2, 0.25) is 0 Å². The highest BCUT2D eigenvalue weighted by atomic mass is 16.3. The second-order valence-corrected chi connectivity index (χ2v) is 4.11. The largest absolute Gasteiger partial charge is 0.393 e. The van der Waals surface area contributed by atoms with Gasteiger partial charge >= 0.3 is 0 Å². The van der Waals surface area contributed by atoms with E-state index in [1.807, 2.05) is 0 Å². The Labute approximate surface area is 80.9 Å². The van der Waals surface area contributed by atoms with Crippen molar-refractivity contribution in [1.82, 2.24) is 4.90 Å². The normalized spacial score (nSPS) is 30.4. The fourth-order valence-electron chi connectivity index (χ4n) is 1.87. The van der Waals surface area contributed by atoms with Crippen molar-refractivity contribution in [2.24, 2.45) is 5.92 Å². The summed E-state index contributed by atoms with van der Waals surface area (Å²) in [5, 5.41) is 9.68. The lowest BCUT2D eigenvalue weighted by atomic mass is 9.91. The van der Waals surface area contributed by atoms with Gasteiger partial charge in [-0.1, -0.05) is 0 Å². The molecule has 1 N–H and O–H groups in total. The highest BCUT2D eigenvalue weighted by Gasteiger charge is 2.27. The molecule has 0 aromatic heterocycles. The predicted octanol–water partition coefficient (Wildman–Crippen LogP) is 1.10. The van der Waals surface area contributed by atoms with Crippen molar-refractivity contribution >= 4 is 0 Å². The van der Waals surface area contributed by atoms with E-state index < -0.39 is 0 Å². The summed E-state index contributed by atoms with van der Waals surface area (Å²) in [6.07, 6.45) is 6.64. The van der Waals surface area contributed by atoms with Gasteiger partial charge in [0.15, 0.2) is 0 Å². The molecule has 0 aromatic carbocycles. The molecule has 0 aliphatic carbocycles. The molecule has 74 valence electrons. The van der Waals surface area contributed by atoms with Crippen molar-refractivity contribution in [3.05, 3.63) is 0 Å². The van der Waals surface area contributed by atoms with Crippen LogP contribution in [0.2, 0.25) is 0 Å². The summed E-state index contributed by atoms with van der Waals surface area (Å²) in [4.78, 5) is 2.38. The van der Waals surface area contributed by atoms with Gasteiger partial charge in [-0.15, -0.1) is 12.3 Å². The zero-order valence-corrected chi connectivity index (χ0v) is 8.53. The van der Waals surface area contributed by atoms with Crippen LogP contribution in [0.1, 0.15) is 26.7 Å². The molecule has 0 spiro atoms. The molecule has 1 rings (SSSR count). The number of hydrogen-bond donors (Lipinski definition) is 1. The number of nitrogens with zero attached hydrogens (tertiary/aromatic N) is 1. The van der Waals surface area contributed by atoms with Gasteiger partial charge in [0.25, 0.3) is 0 Å². The fourth-order valence-corrected chi connectivity index (χ4v) is 1.87. The van der Waals surface area contributed by atoms with E-state index in [0.29, 0.717) is 12.5 Å². The first-order valence-corrected chi connectivity index (χ1v) is 5.00. The van der Waals surface area contributed by atoms with Gasteiger partial charge in [-0.3, -0.25) is 0 Å². The third-order valence-corrected chi connectivity index (χ3v) is 2.84. The van der Waals surface area contributed by atoms with Gasteiger partial charge in [0, 0.05) is 31.5 Å². The lowest BCUT2D eigenvalue weighted by molar-refractivity contribution is 0.0176. The van der Waals surface area contributed by atoms with Crippen molar-refractivity contribution in [3.8, 4) is 12.3 Å². The maximum Gasteiger partial charge on any atom is 0.0601 e. The predicted molar refractivity (Wildman–Crippen MR) is 54.3 cm³/mol. The summed E-state index contributed by atoms with van der Waals surface area (Å²) in [5.41, 5.74) is 0. The summed E-state index contributed by atoms with van der Waals surface area (Å²) in [5.74, 6) is 2.92. The van der Waals surface area contributed by atoms with E-state index in [1.165, 1.54) is 0 Å². The van der Waals surface area contributed by atoms with E-state index >= 15 is 0 Å². The number of aliphatic hydroxyl groups is 1. The third-order valence-electron chi connectivity index (χ3n) is 2.84. The second-order valence-electron chi connectivity index (χ2n) is 4.11. The van der Waals surface area contributed by atoms with E-state index in [2.05, 4.69) is 24.7 Å². The maximum atomic E-state index is 9.68. The Kier molecular flexibility index (Phi) is 3.77. The molecule has 0 amide bonds. The fraction of sp³-hybridized carbons (Fsp3) is 0.818. The zero-order chi connectivity index (χ0) is 9.84. The Morgan fingerprint density at radius 1 is 1.62 bits per heavy atom. The molecule has 1 heterocycles. The van der Waals surface area contributed by atoms with Crippen LogP contribution in [0.4, 0.5) is 0 Å². The van der Waals surface area contributed by atoms with Crippen LogP contribution in [0.15, 0.2) is 0 Å². The van der Waals surface area contributed by atoms with Gasteiger partial charge < -0.3 is 10.0 Å². The molecule has 0 aromatic rings. The first-order chi connectivity index (χ1) is 6.15. The van der Waals surface area contributed by atoms with Gasteiger partial charge in [0.1, 0.15) is 0 Å². The number of likely N-dealkylation sites (tertiary alicyclic amines) is 1. The standard InChI is InChI=1S/C11H19NO/c1-4-5-10-8-12(9(2)3)7-6-11(10)13/h1,9-11,13H,5-8H2,2-3H3. The number of aliphatic hydroxyl groups excluding tert-OH is 1. The first kappa shape index (κ1) is 10.6. The minimum Gasteiger partial charge on any atom is -0.393 e. The summed E-state index contributed by atoms with van der Waals surface area (Å²) in [7, 11) is 0. The molecular weight excluding hydrogens is 162 g/mol. The average Bonchev–Trinajstić information content (AvgIpc) is 2.08. The molecular formula is C11H19NO. The number of piperidine rings is 1. The quantitative estimate of drug-likeness (QED) is 0.645. The molecule has 0 radical (unpaired) electrons. The maximum absolute atomic E-state index is 9.68. The Morgan fingerprint density at radius 2 is 2.31 bits per heavy atom. The molecule has 1 aliphatic rings. The van der Waals surface area contributed by atoms with Gasteiger partial charge in [-0.25, -0.2) is 0 Å². The van der Waals surface area contributed by atoms with Crippen LogP contribution in [0.3, 0.4) is 0 Å². The first-order valence-electron chi connectivity index (χ1n) is 5.00. The van der Waals surface area contributed by atoms with E-state index in [0.717, 1.165) is 19.5 Å². The van der Waals surface area contributed by atoms with Crippen molar-refractivity contribution in [2.75, 3.05) is 13.1 Å². The summed E-state index contributed by atoms with van der Waals surface area (Å²) in [6.45, 7) is 6.32. The lowest BCUT2D eigenvalue weighted by Crippen LogP contribution is -2.45. The van der Waals surface area contributed by atoms with E-state index in [9.17, 15) is 5.11 Å². The number of hydrogen-bond acceptors (Lipinski definition) is 2. The minimum atomic E-state index is -0.189. The Balaban J connectivity index is 2.48. The molecule has 0 saturated carbocycles. The Bertz CT molecular complexity index is 195. The molecule has 2 unspecified atom stereocenters. The molecule has 1 aliphatic heterocycles. The average molecular weight is 181 g/mol. The highest BCUT2D eigenvalue weighted by molar-refractivity contribution is 4.92. The monoisotopic (exact) mass is 181 g/mol. The van der Waals surface area contributed by atoms with Crippen LogP contribution < -0.4 is 0 Å².